The molecule has 156 valence electrons. The quantitative estimate of drug-likeness (QED) is 0.681. The normalized spacial score (nSPS) is 15.8. The number of carbonyl (C=O) groups excluding carboxylic acids is 2. The van der Waals surface area contributed by atoms with Gasteiger partial charge in [0.2, 0.25) is 11.8 Å². The zero-order valence-electron chi connectivity index (χ0n) is 16.9. The van der Waals surface area contributed by atoms with Gasteiger partial charge in [-0.1, -0.05) is 30.3 Å². The molecular weight excluding hydrogens is 386 g/mol. The van der Waals surface area contributed by atoms with Crippen molar-refractivity contribution in [3.8, 4) is 0 Å². The smallest absolute Gasteiger partial charge is 0.245 e. The summed E-state index contributed by atoms with van der Waals surface area (Å²) in [5, 5.41) is 2.97. The van der Waals surface area contributed by atoms with Gasteiger partial charge in [0.15, 0.2) is 0 Å². The number of benzene rings is 1. The van der Waals surface area contributed by atoms with E-state index >= 15 is 0 Å². The lowest BCUT2D eigenvalue weighted by Gasteiger charge is -2.36. The van der Waals surface area contributed by atoms with E-state index in [2.05, 4.69) is 10.2 Å². The van der Waals surface area contributed by atoms with Crippen LogP contribution in [0.1, 0.15) is 17.7 Å². The van der Waals surface area contributed by atoms with Gasteiger partial charge in [-0.3, -0.25) is 14.5 Å². The van der Waals surface area contributed by atoms with E-state index in [-0.39, 0.29) is 11.8 Å². The molecule has 6 nitrogen and oxygen atoms in total. The molecule has 0 bridgehead atoms. The molecule has 2 heterocycles. The molecule has 2 amide bonds. The summed E-state index contributed by atoms with van der Waals surface area (Å²) in [7, 11) is 0. The Morgan fingerprint density at radius 2 is 1.86 bits per heavy atom. The largest absolute Gasteiger partial charge is 0.468 e. The molecule has 0 aliphatic carbocycles. The standard InChI is InChI=1S/C22H29N3O3S/c1-29-15-9-20(23-21(26)16-18-6-3-2-4-7-18)22(27)25-12-10-24(11-13-25)17-19-8-5-14-28-19/h2-8,14,20H,9-13,15-17H2,1H3,(H,23,26). The third-order valence-corrected chi connectivity index (χ3v) is 5.74. The molecule has 1 saturated heterocycles. The molecule has 0 radical (unpaired) electrons. The highest BCUT2D eigenvalue weighted by Gasteiger charge is 2.28. The zero-order chi connectivity index (χ0) is 20.5. The van der Waals surface area contributed by atoms with E-state index in [1.165, 1.54) is 0 Å². The van der Waals surface area contributed by atoms with Gasteiger partial charge in [-0.15, -0.1) is 0 Å². The van der Waals surface area contributed by atoms with E-state index in [1.807, 2.05) is 53.6 Å². The maximum atomic E-state index is 13.1. The Hall–Kier alpha value is -2.25. The van der Waals surface area contributed by atoms with Gasteiger partial charge in [-0.25, -0.2) is 0 Å². The van der Waals surface area contributed by atoms with Crippen LogP contribution in [-0.2, 0) is 22.6 Å². The van der Waals surface area contributed by atoms with Crippen LogP contribution in [0.3, 0.4) is 0 Å². The summed E-state index contributed by atoms with van der Waals surface area (Å²) in [4.78, 5) is 29.7. The van der Waals surface area contributed by atoms with Gasteiger partial charge in [-0.2, -0.15) is 11.8 Å². The van der Waals surface area contributed by atoms with Crippen molar-refractivity contribution in [3.63, 3.8) is 0 Å². The van der Waals surface area contributed by atoms with E-state index in [4.69, 9.17) is 4.42 Å². The minimum Gasteiger partial charge on any atom is -0.468 e. The van der Waals surface area contributed by atoms with Gasteiger partial charge in [0, 0.05) is 26.2 Å². The van der Waals surface area contributed by atoms with E-state index in [0.717, 1.165) is 36.7 Å². The number of piperazine rings is 1. The number of carbonyl (C=O) groups is 2. The first-order valence-corrected chi connectivity index (χ1v) is 11.4. The molecule has 1 atom stereocenters. The third-order valence-electron chi connectivity index (χ3n) is 5.09. The number of rotatable bonds is 9. The Morgan fingerprint density at radius 1 is 1.10 bits per heavy atom. The van der Waals surface area contributed by atoms with E-state index in [0.29, 0.717) is 25.9 Å². The highest BCUT2D eigenvalue weighted by Crippen LogP contribution is 2.12. The first kappa shape index (κ1) is 21.5. The van der Waals surface area contributed by atoms with Gasteiger partial charge in [0.05, 0.1) is 19.2 Å². The van der Waals surface area contributed by atoms with Crippen molar-refractivity contribution in [3.05, 3.63) is 60.1 Å². The van der Waals surface area contributed by atoms with E-state index < -0.39 is 6.04 Å². The second-order valence-corrected chi connectivity index (χ2v) is 8.23. The Labute approximate surface area is 176 Å². The maximum Gasteiger partial charge on any atom is 0.245 e. The van der Waals surface area contributed by atoms with Gasteiger partial charge in [0.25, 0.3) is 0 Å². The van der Waals surface area contributed by atoms with Crippen molar-refractivity contribution in [1.29, 1.82) is 0 Å². The number of amides is 2. The number of hydrogen-bond acceptors (Lipinski definition) is 5. The predicted octanol–water partition coefficient (Wildman–Crippen LogP) is 2.40. The third kappa shape index (κ3) is 6.65. The SMILES string of the molecule is CSCCC(NC(=O)Cc1ccccc1)C(=O)N1CCN(Cc2ccco2)CC1. The summed E-state index contributed by atoms with van der Waals surface area (Å²) < 4.78 is 5.41. The summed E-state index contributed by atoms with van der Waals surface area (Å²) in [6.07, 6.45) is 4.64. The van der Waals surface area contributed by atoms with Gasteiger partial charge >= 0.3 is 0 Å². The molecule has 1 N–H and O–H groups in total. The average Bonchev–Trinajstić information content (AvgIpc) is 3.25. The first-order chi connectivity index (χ1) is 14.2. The van der Waals surface area contributed by atoms with E-state index in [9.17, 15) is 9.59 Å². The molecule has 1 unspecified atom stereocenters. The Morgan fingerprint density at radius 3 is 2.52 bits per heavy atom. The molecule has 3 rings (SSSR count). The summed E-state index contributed by atoms with van der Waals surface area (Å²) in [6, 6.07) is 13.0. The molecule has 1 aromatic heterocycles. The number of nitrogens with zero attached hydrogens (tertiary/aromatic N) is 2. The van der Waals surface area contributed by atoms with Crippen LogP contribution in [-0.4, -0.2) is 65.8 Å². The second-order valence-electron chi connectivity index (χ2n) is 7.24. The fourth-order valence-corrected chi connectivity index (χ4v) is 3.96. The fraction of sp³-hybridized carbons (Fsp3) is 0.455. The lowest BCUT2D eigenvalue weighted by Crippen LogP contribution is -2.55. The van der Waals surface area contributed by atoms with Crippen LogP contribution in [0.2, 0.25) is 0 Å². The summed E-state index contributed by atoms with van der Waals surface area (Å²) in [5.74, 6) is 1.70. The molecular formula is C22H29N3O3S. The molecule has 0 spiro atoms. The van der Waals surface area contributed by atoms with Crippen LogP contribution < -0.4 is 5.32 Å². The van der Waals surface area contributed by atoms with Crippen molar-refractivity contribution in [2.24, 2.45) is 0 Å². The molecule has 1 aliphatic heterocycles. The molecule has 1 fully saturated rings. The highest BCUT2D eigenvalue weighted by atomic mass is 32.2. The lowest BCUT2D eigenvalue weighted by atomic mass is 10.1. The minimum atomic E-state index is -0.463. The predicted molar refractivity (Wildman–Crippen MR) is 116 cm³/mol. The molecule has 2 aromatic rings. The summed E-state index contributed by atoms with van der Waals surface area (Å²) >= 11 is 1.69. The Bertz CT molecular complexity index is 759. The van der Waals surface area contributed by atoms with Crippen LogP contribution in [0.15, 0.2) is 53.1 Å². The highest BCUT2D eigenvalue weighted by molar-refractivity contribution is 7.98. The van der Waals surface area contributed by atoms with Crippen LogP contribution in [0.5, 0.6) is 0 Å². The zero-order valence-corrected chi connectivity index (χ0v) is 17.7. The van der Waals surface area contributed by atoms with Crippen LogP contribution in [0.25, 0.3) is 0 Å². The van der Waals surface area contributed by atoms with Crippen molar-refractivity contribution in [2.75, 3.05) is 38.2 Å². The van der Waals surface area contributed by atoms with Gasteiger partial charge < -0.3 is 14.6 Å². The number of nitrogens with one attached hydrogen (secondary N) is 1. The number of furan rings is 1. The first-order valence-electron chi connectivity index (χ1n) is 10.0. The second kappa shape index (κ2) is 11.1. The number of thioether (sulfide) groups is 1. The van der Waals surface area contributed by atoms with Crippen LogP contribution >= 0.6 is 11.8 Å². The van der Waals surface area contributed by atoms with Crippen molar-refractivity contribution in [1.82, 2.24) is 15.1 Å². The van der Waals surface area contributed by atoms with Crippen molar-refractivity contribution >= 4 is 23.6 Å². The molecule has 7 heteroatoms. The molecule has 29 heavy (non-hydrogen) atoms. The maximum absolute atomic E-state index is 13.1. The van der Waals surface area contributed by atoms with Crippen LogP contribution in [0, 0.1) is 0 Å². The van der Waals surface area contributed by atoms with Crippen molar-refractivity contribution < 1.29 is 14.0 Å². The topological polar surface area (TPSA) is 65.8 Å². The fourth-order valence-electron chi connectivity index (χ4n) is 3.49. The summed E-state index contributed by atoms with van der Waals surface area (Å²) in [6.45, 7) is 3.71. The van der Waals surface area contributed by atoms with Gasteiger partial charge in [0.1, 0.15) is 11.8 Å². The van der Waals surface area contributed by atoms with Crippen molar-refractivity contribution in [2.45, 2.75) is 25.4 Å². The molecule has 1 aliphatic rings. The Kier molecular flexibility index (Phi) is 8.19. The molecule has 1 aromatic carbocycles. The summed E-state index contributed by atoms with van der Waals surface area (Å²) in [5.41, 5.74) is 0.951. The lowest BCUT2D eigenvalue weighted by molar-refractivity contribution is -0.138. The molecule has 0 saturated carbocycles. The van der Waals surface area contributed by atoms with E-state index in [1.54, 1.807) is 18.0 Å². The average molecular weight is 416 g/mol. The Balaban J connectivity index is 1.52. The monoisotopic (exact) mass is 415 g/mol. The van der Waals surface area contributed by atoms with Crippen LogP contribution in [0.4, 0.5) is 0 Å². The number of hydrogen-bond donors (Lipinski definition) is 1. The van der Waals surface area contributed by atoms with Gasteiger partial charge in [-0.05, 0) is 36.1 Å². The minimum absolute atomic E-state index is 0.0260.